The number of hydrogen-bond donors (Lipinski definition) is 1. The van der Waals surface area contributed by atoms with Crippen molar-refractivity contribution in [1.29, 1.82) is 0 Å². The predicted octanol–water partition coefficient (Wildman–Crippen LogP) is 4.07. The molecule has 0 radical (unpaired) electrons. The molecule has 0 spiro atoms. The summed E-state index contributed by atoms with van der Waals surface area (Å²) in [5, 5.41) is 11.7. The number of aromatic hydroxyl groups is 1. The lowest BCUT2D eigenvalue weighted by molar-refractivity contribution is 0.469. The highest BCUT2D eigenvalue weighted by molar-refractivity contribution is 9.11. The molecular formula is C10H6Br2O. The number of phenolic OH excluding ortho intramolecular Hbond substituents is 1. The van der Waals surface area contributed by atoms with E-state index in [1.807, 2.05) is 30.3 Å². The number of hydrogen-bond acceptors (Lipinski definition) is 1. The SMILES string of the molecule is Oc1c(Br)cc2ccccc2c1Br. The minimum atomic E-state index is 0.249. The smallest absolute Gasteiger partial charge is 0.144 e. The van der Waals surface area contributed by atoms with Crippen LogP contribution in [-0.4, -0.2) is 5.11 Å². The van der Waals surface area contributed by atoms with Gasteiger partial charge in [0, 0.05) is 0 Å². The van der Waals surface area contributed by atoms with Gasteiger partial charge in [0.05, 0.1) is 8.95 Å². The van der Waals surface area contributed by atoms with E-state index in [2.05, 4.69) is 31.9 Å². The molecule has 3 heteroatoms. The third kappa shape index (κ3) is 1.46. The lowest BCUT2D eigenvalue weighted by Gasteiger charge is -2.04. The first-order valence-electron chi connectivity index (χ1n) is 3.76. The average molecular weight is 302 g/mol. The summed E-state index contributed by atoms with van der Waals surface area (Å²) in [6.07, 6.45) is 0. The largest absolute Gasteiger partial charge is 0.506 e. The van der Waals surface area contributed by atoms with Gasteiger partial charge in [-0.2, -0.15) is 0 Å². The van der Waals surface area contributed by atoms with Crippen molar-refractivity contribution in [3.05, 3.63) is 39.3 Å². The maximum Gasteiger partial charge on any atom is 0.144 e. The van der Waals surface area contributed by atoms with Crippen molar-refractivity contribution >= 4 is 42.6 Å². The molecule has 0 aliphatic heterocycles. The molecule has 2 aromatic rings. The maximum atomic E-state index is 9.61. The molecule has 0 atom stereocenters. The summed E-state index contributed by atoms with van der Waals surface area (Å²) in [6, 6.07) is 9.78. The molecule has 13 heavy (non-hydrogen) atoms. The van der Waals surface area contributed by atoms with E-state index in [-0.39, 0.29) is 5.75 Å². The number of phenols is 1. The van der Waals surface area contributed by atoms with Crippen molar-refractivity contribution in [2.45, 2.75) is 0 Å². The van der Waals surface area contributed by atoms with E-state index in [1.54, 1.807) is 0 Å². The van der Waals surface area contributed by atoms with E-state index in [0.717, 1.165) is 15.2 Å². The van der Waals surface area contributed by atoms with E-state index in [4.69, 9.17) is 0 Å². The fourth-order valence-electron chi connectivity index (χ4n) is 1.26. The number of benzene rings is 2. The molecule has 0 aliphatic rings. The van der Waals surface area contributed by atoms with Crippen molar-refractivity contribution in [2.24, 2.45) is 0 Å². The monoisotopic (exact) mass is 300 g/mol. The molecule has 0 saturated carbocycles. The summed E-state index contributed by atoms with van der Waals surface area (Å²) in [7, 11) is 0. The van der Waals surface area contributed by atoms with Crippen LogP contribution in [0.5, 0.6) is 5.75 Å². The minimum Gasteiger partial charge on any atom is -0.506 e. The number of fused-ring (bicyclic) bond motifs is 1. The molecule has 0 saturated heterocycles. The Morgan fingerprint density at radius 3 is 2.54 bits per heavy atom. The highest BCUT2D eigenvalue weighted by Crippen LogP contribution is 2.38. The molecule has 0 aliphatic carbocycles. The van der Waals surface area contributed by atoms with Crippen LogP contribution >= 0.6 is 31.9 Å². The lowest BCUT2D eigenvalue weighted by Crippen LogP contribution is -1.77. The molecule has 2 aromatic carbocycles. The third-order valence-electron chi connectivity index (χ3n) is 1.91. The van der Waals surface area contributed by atoms with E-state index in [9.17, 15) is 5.11 Å². The van der Waals surface area contributed by atoms with Crippen LogP contribution in [-0.2, 0) is 0 Å². The van der Waals surface area contributed by atoms with Gasteiger partial charge in [-0.3, -0.25) is 0 Å². The number of halogens is 2. The third-order valence-corrected chi connectivity index (χ3v) is 3.32. The summed E-state index contributed by atoms with van der Waals surface area (Å²) in [5.74, 6) is 0.249. The quantitative estimate of drug-likeness (QED) is 0.778. The van der Waals surface area contributed by atoms with Crippen LogP contribution in [0.1, 0.15) is 0 Å². The van der Waals surface area contributed by atoms with E-state index in [0.29, 0.717) is 4.47 Å². The predicted molar refractivity (Wildman–Crippen MR) is 61.0 cm³/mol. The van der Waals surface area contributed by atoms with Crippen LogP contribution < -0.4 is 0 Å². The summed E-state index contributed by atoms with van der Waals surface area (Å²) in [5.41, 5.74) is 0. The average Bonchev–Trinajstić information content (AvgIpc) is 2.15. The Bertz CT molecular complexity index is 466. The van der Waals surface area contributed by atoms with Gasteiger partial charge in [-0.15, -0.1) is 0 Å². The van der Waals surface area contributed by atoms with E-state index < -0.39 is 0 Å². The van der Waals surface area contributed by atoms with E-state index >= 15 is 0 Å². The fraction of sp³-hybridized carbons (Fsp3) is 0. The zero-order valence-corrected chi connectivity index (χ0v) is 9.76. The van der Waals surface area contributed by atoms with Crippen LogP contribution in [0.15, 0.2) is 39.3 Å². The summed E-state index contributed by atoms with van der Waals surface area (Å²) in [4.78, 5) is 0. The van der Waals surface area contributed by atoms with Crippen molar-refractivity contribution in [3.8, 4) is 5.75 Å². The van der Waals surface area contributed by atoms with Crippen LogP contribution in [0.25, 0.3) is 10.8 Å². The molecule has 1 nitrogen and oxygen atoms in total. The van der Waals surface area contributed by atoms with Crippen LogP contribution in [0, 0.1) is 0 Å². The molecule has 0 unspecified atom stereocenters. The van der Waals surface area contributed by atoms with Gasteiger partial charge in [-0.25, -0.2) is 0 Å². The Kier molecular flexibility index (Phi) is 2.30. The first-order valence-corrected chi connectivity index (χ1v) is 5.34. The lowest BCUT2D eigenvalue weighted by atomic mass is 10.1. The first-order chi connectivity index (χ1) is 6.20. The normalized spacial score (nSPS) is 10.6. The van der Waals surface area contributed by atoms with Gasteiger partial charge in [0.2, 0.25) is 0 Å². The van der Waals surface area contributed by atoms with Crippen molar-refractivity contribution < 1.29 is 5.11 Å². The molecule has 0 heterocycles. The van der Waals surface area contributed by atoms with Gasteiger partial charge in [-0.05, 0) is 48.7 Å². The zero-order valence-electron chi connectivity index (χ0n) is 6.59. The van der Waals surface area contributed by atoms with Crippen molar-refractivity contribution in [1.82, 2.24) is 0 Å². The fourth-order valence-corrected chi connectivity index (χ4v) is 2.55. The molecule has 0 aromatic heterocycles. The molecular weight excluding hydrogens is 296 g/mol. The second-order valence-corrected chi connectivity index (χ2v) is 4.39. The maximum absolute atomic E-state index is 9.61. The molecule has 0 amide bonds. The molecule has 0 fully saturated rings. The highest BCUT2D eigenvalue weighted by Gasteiger charge is 2.07. The summed E-state index contributed by atoms with van der Waals surface area (Å²) in [6.45, 7) is 0. The Labute approximate surface area is 92.6 Å². The van der Waals surface area contributed by atoms with Crippen LogP contribution in [0.2, 0.25) is 0 Å². The van der Waals surface area contributed by atoms with E-state index in [1.165, 1.54) is 0 Å². The Morgan fingerprint density at radius 1 is 1.08 bits per heavy atom. The minimum absolute atomic E-state index is 0.249. The van der Waals surface area contributed by atoms with Crippen molar-refractivity contribution in [3.63, 3.8) is 0 Å². The van der Waals surface area contributed by atoms with Gasteiger partial charge in [-0.1, -0.05) is 24.3 Å². The molecule has 66 valence electrons. The van der Waals surface area contributed by atoms with Gasteiger partial charge < -0.3 is 5.11 Å². The second kappa shape index (κ2) is 3.31. The number of rotatable bonds is 0. The second-order valence-electron chi connectivity index (χ2n) is 2.74. The summed E-state index contributed by atoms with van der Waals surface area (Å²) >= 11 is 6.64. The first kappa shape index (κ1) is 9.03. The molecule has 0 bridgehead atoms. The standard InChI is InChI=1S/C10H6Br2O/c11-8-5-6-3-1-2-4-7(6)9(12)10(8)13/h1-5,13H. The van der Waals surface area contributed by atoms with Gasteiger partial charge >= 0.3 is 0 Å². The topological polar surface area (TPSA) is 20.2 Å². The Hall–Kier alpha value is -0.540. The Morgan fingerprint density at radius 2 is 1.77 bits per heavy atom. The highest BCUT2D eigenvalue weighted by atomic mass is 79.9. The zero-order chi connectivity index (χ0) is 9.42. The van der Waals surface area contributed by atoms with Gasteiger partial charge in [0.25, 0.3) is 0 Å². The summed E-state index contributed by atoms with van der Waals surface area (Å²) < 4.78 is 1.44. The van der Waals surface area contributed by atoms with Gasteiger partial charge in [0.15, 0.2) is 0 Å². The Balaban J connectivity index is 2.94. The van der Waals surface area contributed by atoms with Crippen LogP contribution in [0.3, 0.4) is 0 Å². The molecule has 2 rings (SSSR count). The molecule has 1 N–H and O–H groups in total. The van der Waals surface area contributed by atoms with Gasteiger partial charge in [0.1, 0.15) is 5.75 Å². The van der Waals surface area contributed by atoms with Crippen LogP contribution in [0.4, 0.5) is 0 Å². The van der Waals surface area contributed by atoms with Crippen molar-refractivity contribution in [2.75, 3.05) is 0 Å².